The number of benzene rings is 2. The Hall–Kier alpha value is -2.82. The molecule has 25 heavy (non-hydrogen) atoms. The maximum atomic E-state index is 12.9. The maximum absolute atomic E-state index is 12.9. The highest BCUT2D eigenvalue weighted by Gasteiger charge is 2.41. The van der Waals surface area contributed by atoms with E-state index in [-0.39, 0.29) is 24.4 Å². The second-order valence-corrected chi connectivity index (χ2v) is 6.55. The molecule has 2 heterocycles. The quantitative estimate of drug-likeness (QED) is 0.861. The first-order valence-electron chi connectivity index (χ1n) is 8.43. The minimum atomic E-state index is -0.380. The van der Waals surface area contributed by atoms with Crippen LogP contribution in [0.2, 0.25) is 0 Å². The van der Waals surface area contributed by atoms with E-state index < -0.39 is 0 Å². The highest BCUT2D eigenvalue weighted by Crippen LogP contribution is 2.28. The van der Waals surface area contributed by atoms with Crippen LogP contribution in [0.1, 0.15) is 16.7 Å². The van der Waals surface area contributed by atoms with Crippen LogP contribution in [0.4, 0.5) is 0 Å². The van der Waals surface area contributed by atoms with Crippen LogP contribution in [0, 0.1) is 0 Å². The third-order valence-corrected chi connectivity index (χ3v) is 5.02. The van der Waals surface area contributed by atoms with Gasteiger partial charge in [0.15, 0.2) is 0 Å². The number of piperazine rings is 1. The van der Waals surface area contributed by atoms with Crippen LogP contribution in [0.5, 0.6) is 5.75 Å². The first-order valence-corrected chi connectivity index (χ1v) is 8.43. The summed E-state index contributed by atoms with van der Waals surface area (Å²) in [6.07, 6.45) is 0.597. The number of methoxy groups -OCH3 is 1. The summed E-state index contributed by atoms with van der Waals surface area (Å²) in [5, 5.41) is 0. The average Bonchev–Trinajstić information content (AvgIpc) is 2.65. The predicted octanol–water partition coefficient (Wildman–Crippen LogP) is 1.99. The molecule has 0 radical (unpaired) electrons. The highest BCUT2D eigenvalue weighted by molar-refractivity contribution is 5.95. The summed E-state index contributed by atoms with van der Waals surface area (Å²) in [5.41, 5.74) is 3.30. The second kappa shape index (κ2) is 6.24. The van der Waals surface area contributed by atoms with Crippen molar-refractivity contribution in [3.63, 3.8) is 0 Å². The third-order valence-electron chi connectivity index (χ3n) is 5.02. The van der Waals surface area contributed by atoms with E-state index in [1.165, 1.54) is 0 Å². The van der Waals surface area contributed by atoms with Crippen molar-refractivity contribution in [2.45, 2.75) is 25.6 Å². The van der Waals surface area contributed by atoms with Gasteiger partial charge in [-0.25, -0.2) is 0 Å². The van der Waals surface area contributed by atoms with E-state index in [9.17, 15) is 9.59 Å². The van der Waals surface area contributed by atoms with Gasteiger partial charge in [0.05, 0.1) is 7.11 Å². The molecule has 1 atom stereocenters. The molecule has 0 saturated carbocycles. The van der Waals surface area contributed by atoms with Gasteiger partial charge < -0.3 is 14.5 Å². The Labute approximate surface area is 146 Å². The summed E-state index contributed by atoms with van der Waals surface area (Å²) >= 11 is 0. The van der Waals surface area contributed by atoms with Crippen LogP contribution >= 0.6 is 0 Å². The molecule has 2 aromatic carbocycles. The molecule has 2 aliphatic heterocycles. The zero-order valence-electron chi connectivity index (χ0n) is 14.1. The van der Waals surface area contributed by atoms with Gasteiger partial charge in [-0.2, -0.15) is 0 Å². The molecule has 0 aromatic heterocycles. The number of ether oxygens (including phenoxy) is 1. The summed E-state index contributed by atoms with van der Waals surface area (Å²) in [5.74, 6) is 0.831. The lowest BCUT2D eigenvalue weighted by Crippen LogP contribution is -2.61. The van der Waals surface area contributed by atoms with Crippen LogP contribution in [0.15, 0.2) is 48.5 Å². The molecule has 128 valence electrons. The number of fused-ring (bicyclic) bond motifs is 2. The van der Waals surface area contributed by atoms with Crippen molar-refractivity contribution in [2.75, 3.05) is 13.7 Å². The predicted molar refractivity (Wildman–Crippen MR) is 92.9 cm³/mol. The van der Waals surface area contributed by atoms with Gasteiger partial charge in [-0.1, -0.05) is 36.4 Å². The molecule has 0 spiro atoms. The smallest absolute Gasteiger partial charge is 0.246 e. The van der Waals surface area contributed by atoms with Crippen molar-refractivity contribution in [1.29, 1.82) is 0 Å². The Morgan fingerprint density at radius 1 is 1.00 bits per heavy atom. The van der Waals surface area contributed by atoms with Crippen LogP contribution in [0.3, 0.4) is 0 Å². The van der Waals surface area contributed by atoms with Crippen LogP contribution in [-0.2, 0) is 29.1 Å². The molecule has 5 nitrogen and oxygen atoms in total. The highest BCUT2D eigenvalue weighted by atomic mass is 16.5. The van der Waals surface area contributed by atoms with E-state index in [0.717, 1.165) is 22.4 Å². The van der Waals surface area contributed by atoms with E-state index in [1.807, 2.05) is 48.5 Å². The van der Waals surface area contributed by atoms with Crippen LogP contribution < -0.4 is 4.74 Å². The minimum absolute atomic E-state index is 0.0209. The molecule has 1 fully saturated rings. The molecule has 0 aliphatic carbocycles. The number of hydrogen-bond acceptors (Lipinski definition) is 3. The topological polar surface area (TPSA) is 49.9 Å². The standard InChI is InChI=1S/C20H20N2O3/c1-25-17-8-6-14(7-9-17)11-21-13-19(23)22-12-16-5-3-2-4-15(16)10-18(22)20(21)24/h2-9,18H,10-13H2,1H3. The number of nitrogens with zero attached hydrogens (tertiary/aromatic N) is 2. The van der Waals surface area contributed by atoms with Crippen LogP contribution in [0.25, 0.3) is 0 Å². The summed E-state index contributed by atoms with van der Waals surface area (Å²) in [6, 6.07) is 15.3. The van der Waals surface area contributed by atoms with Gasteiger partial charge in [-0.3, -0.25) is 9.59 Å². The van der Waals surface area contributed by atoms with E-state index in [4.69, 9.17) is 4.74 Å². The summed E-state index contributed by atoms with van der Waals surface area (Å²) in [7, 11) is 1.62. The van der Waals surface area contributed by atoms with Gasteiger partial charge in [-0.05, 0) is 28.8 Å². The van der Waals surface area contributed by atoms with Gasteiger partial charge >= 0.3 is 0 Å². The summed E-state index contributed by atoms with van der Waals surface area (Å²) in [6.45, 7) is 1.12. The van der Waals surface area contributed by atoms with Crippen molar-refractivity contribution in [1.82, 2.24) is 9.80 Å². The van der Waals surface area contributed by atoms with Gasteiger partial charge in [-0.15, -0.1) is 0 Å². The van der Waals surface area contributed by atoms with Crippen molar-refractivity contribution >= 4 is 11.8 Å². The fourth-order valence-corrected chi connectivity index (χ4v) is 3.63. The monoisotopic (exact) mass is 336 g/mol. The minimum Gasteiger partial charge on any atom is -0.497 e. The van der Waals surface area contributed by atoms with Crippen molar-refractivity contribution in [3.8, 4) is 5.75 Å². The lowest BCUT2D eigenvalue weighted by Gasteiger charge is -2.43. The molecule has 5 heteroatoms. The average molecular weight is 336 g/mol. The maximum Gasteiger partial charge on any atom is 0.246 e. The first kappa shape index (κ1) is 15.7. The first-order chi connectivity index (χ1) is 12.2. The molecule has 0 bridgehead atoms. The van der Waals surface area contributed by atoms with Crippen LogP contribution in [-0.4, -0.2) is 41.3 Å². The third kappa shape index (κ3) is 2.86. The van der Waals surface area contributed by atoms with Crippen molar-refractivity contribution < 1.29 is 14.3 Å². The largest absolute Gasteiger partial charge is 0.497 e. The number of rotatable bonds is 3. The fourth-order valence-electron chi connectivity index (χ4n) is 3.63. The molecule has 0 N–H and O–H groups in total. The molecule has 1 saturated heterocycles. The summed E-state index contributed by atoms with van der Waals surface area (Å²) < 4.78 is 5.16. The number of amides is 2. The van der Waals surface area contributed by atoms with Gasteiger partial charge in [0.2, 0.25) is 11.8 Å². The number of hydrogen-bond donors (Lipinski definition) is 0. The molecule has 2 aromatic rings. The zero-order chi connectivity index (χ0) is 17.4. The number of carbonyl (C=O) groups excluding carboxylic acids is 2. The Morgan fingerprint density at radius 3 is 2.44 bits per heavy atom. The molecule has 2 aliphatic rings. The Bertz CT molecular complexity index is 816. The SMILES string of the molecule is COc1ccc(CN2CC(=O)N3Cc4ccccc4CC3C2=O)cc1. The second-order valence-electron chi connectivity index (χ2n) is 6.55. The number of carbonyl (C=O) groups is 2. The normalized spacial score (nSPS) is 19.5. The van der Waals surface area contributed by atoms with Gasteiger partial charge in [0.1, 0.15) is 18.3 Å². The van der Waals surface area contributed by atoms with Crippen molar-refractivity contribution in [2.24, 2.45) is 0 Å². The van der Waals surface area contributed by atoms with E-state index in [0.29, 0.717) is 19.5 Å². The lowest BCUT2D eigenvalue weighted by molar-refractivity contribution is -0.157. The van der Waals surface area contributed by atoms with E-state index in [1.54, 1.807) is 16.9 Å². The molecule has 2 amide bonds. The molecule has 1 unspecified atom stereocenters. The Morgan fingerprint density at radius 2 is 1.72 bits per heavy atom. The van der Waals surface area contributed by atoms with E-state index >= 15 is 0 Å². The van der Waals surface area contributed by atoms with Crippen molar-refractivity contribution in [3.05, 3.63) is 65.2 Å². The van der Waals surface area contributed by atoms with E-state index in [2.05, 4.69) is 0 Å². The fraction of sp³-hybridized carbons (Fsp3) is 0.300. The summed E-state index contributed by atoms with van der Waals surface area (Å²) in [4.78, 5) is 28.9. The Balaban J connectivity index is 1.55. The van der Waals surface area contributed by atoms with Gasteiger partial charge in [0.25, 0.3) is 0 Å². The van der Waals surface area contributed by atoms with Gasteiger partial charge in [0, 0.05) is 19.5 Å². The molecular formula is C20H20N2O3. The molecule has 4 rings (SSSR count). The molecular weight excluding hydrogens is 316 g/mol. The zero-order valence-corrected chi connectivity index (χ0v) is 14.1. The lowest BCUT2D eigenvalue weighted by atomic mass is 9.91. The Kier molecular flexibility index (Phi) is 3.92.